The first kappa shape index (κ1) is 22.1. The molecule has 8 heteroatoms. The largest absolute Gasteiger partial charge is 0.379 e. The maximum Gasteiger partial charge on any atom is 0.324 e. The Morgan fingerprint density at radius 3 is 2.70 bits per heavy atom. The van der Waals surface area contributed by atoms with Crippen LogP contribution in [-0.2, 0) is 16.1 Å². The predicted octanol–water partition coefficient (Wildman–Crippen LogP) is 2.91. The number of nitrogens with one attached hydrogen (secondary N) is 2. The van der Waals surface area contributed by atoms with Crippen LogP contribution in [0.1, 0.15) is 40.5 Å². The number of rotatable bonds is 9. The van der Waals surface area contributed by atoms with Gasteiger partial charge in [-0.05, 0) is 38.3 Å². The molecule has 0 saturated carbocycles. The second-order valence-electron chi connectivity index (χ2n) is 8.08. The lowest BCUT2D eigenvalue weighted by atomic mass is 9.98. The number of nitrogens with zero attached hydrogens (tertiary/aromatic N) is 3. The van der Waals surface area contributed by atoms with Gasteiger partial charge in [-0.15, -0.1) is 0 Å². The van der Waals surface area contributed by atoms with Crippen LogP contribution in [0.15, 0.2) is 24.3 Å². The average molecular weight is 416 g/mol. The fourth-order valence-electron chi connectivity index (χ4n) is 3.61. The van der Waals surface area contributed by atoms with Gasteiger partial charge in [0.05, 0.1) is 17.1 Å². The van der Waals surface area contributed by atoms with E-state index in [1.807, 2.05) is 56.5 Å². The maximum atomic E-state index is 13.0. The number of carbonyl (C=O) groups is 2. The van der Waals surface area contributed by atoms with Gasteiger partial charge in [0, 0.05) is 26.2 Å². The molecule has 0 saturated heterocycles. The third kappa shape index (κ3) is 4.92. The molecule has 2 N–H and O–H groups in total. The SMILES string of the molecule is CCC(C)[C@H](NC(=O)N1CCn2c1nc1ccccc12)C(=O)NCCCOC(C)C. The molecule has 2 atom stereocenters. The highest BCUT2D eigenvalue weighted by molar-refractivity contribution is 5.96. The van der Waals surface area contributed by atoms with Gasteiger partial charge in [-0.1, -0.05) is 32.4 Å². The van der Waals surface area contributed by atoms with Crippen LogP contribution in [0.3, 0.4) is 0 Å². The maximum absolute atomic E-state index is 13.0. The first-order valence-electron chi connectivity index (χ1n) is 10.8. The van der Waals surface area contributed by atoms with Gasteiger partial charge in [0.2, 0.25) is 11.9 Å². The minimum atomic E-state index is -0.591. The third-order valence-corrected chi connectivity index (χ3v) is 5.51. The van der Waals surface area contributed by atoms with E-state index in [1.54, 1.807) is 4.90 Å². The monoisotopic (exact) mass is 415 g/mol. The number of benzene rings is 1. The van der Waals surface area contributed by atoms with Crippen molar-refractivity contribution in [1.82, 2.24) is 20.2 Å². The van der Waals surface area contributed by atoms with Crippen molar-refractivity contribution >= 4 is 28.9 Å². The normalized spacial score (nSPS) is 15.3. The molecule has 30 heavy (non-hydrogen) atoms. The van der Waals surface area contributed by atoms with Crippen LogP contribution in [0, 0.1) is 5.92 Å². The summed E-state index contributed by atoms with van der Waals surface area (Å²) in [5.74, 6) is 0.486. The minimum absolute atomic E-state index is 0.0160. The van der Waals surface area contributed by atoms with E-state index in [0.29, 0.717) is 32.2 Å². The number of imidazole rings is 1. The lowest BCUT2D eigenvalue weighted by molar-refractivity contribution is -0.124. The predicted molar refractivity (Wildman–Crippen MR) is 118 cm³/mol. The summed E-state index contributed by atoms with van der Waals surface area (Å²) in [7, 11) is 0. The van der Waals surface area contributed by atoms with Gasteiger partial charge in [-0.3, -0.25) is 9.69 Å². The zero-order valence-corrected chi connectivity index (χ0v) is 18.4. The summed E-state index contributed by atoms with van der Waals surface area (Å²) in [6, 6.07) is 6.97. The van der Waals surface area contributed by atoms with Crippen molar-refractivity contribution in [2.75, 3.05) is 24.6 Å². The van der Waals surface area contributed by atoms with Crippen LogP contribution < -0.4 is 15.5 Å². The lowest BCUT2D eigenvalue weighted by Gasteiger charge is -2.26. The Bertz CT molecular complexity index is 879. The second-order valence-corrected chi connectivity index (χ2v) is 8.08. The second kappa shape index (κ2) is 9.93. The number of carbonyl (C=O) groups excluding carboxylic acids is 2. The number of para-hydroxylation sites is 2. The fourth-order valence-corrected chi connectivity index (χ4v) is 3.61. The van der Waals surface area contributed by atoms with Gasteiger partial charge in [0.15, 0.2) is 0 Å². The van der Waals surface area contributed by atoms with Gasteiger partial charge in [-0.25, -0.2) is 9.78 Å². The molecule has 3 rings (SSSR count). The van der Waals surface area contributed by atoms with Crippen molar-refractivity contribution in [3.8, 4) is 0 Å². The third-order valence-electron chi connectivity index (χ3n) is 5.51. The van der Waals surface area contributed by atoms with Gasteiger partial charge in [0.1, 0.15) is 6.04 Å². The lowest BCUT2D eigenvalue weighted by Crippen LogP contribution is -2.54. The van der Waals surface area contributed by atoms with Crippen molar-refractivity contribution in [3.05, 3.63) is 24.3 Å². The van der Waals surface area contributed by atoms with E-state index in [0.717, 1.165) is 23.9 Å². The van der Waals surface area contributed by atoms with E-state index in [4.69, 9.17) is 4.74 Å². The molecule has 8 nitrogen and oxygen atoms in total. The van der Waals surface area contributed by atoms with Crippen molar-refractivity contribution < 1.29 is 14.3 Å². The molecule has 0 bridgehead atoms. The summed E-state index contributed by atoms with van der Waals surface area (Å²) in [4.78, 5) is 32.0. The molecular weight excluding hydrogens is 382 g/mol. The Morgan fingerprint density at radius 2 is 1.97 bits per heavy atom. The van der Waals surface area contributed by atoms with Gasteiger partial charge < -0.3 is 19.9 Å². The molecule has 0 fully saturated rings. The number of aromatic nitrogens is 2. The molecule has 3 amide bonds. The number of hydrogen-bond donors (Lipinski definition) is 2. The number of urea groups is 1. The summed E-state index contributed by atoms with van der Waals surface area (Å²) < 4.78 is 7.55. The summed E-state index contributed by atoms with van der Waals surface area (Å²) in [5.41, 5.74) is 1.88. The number of amides is 3. The van der Waals surface area contributed by atoms with E-state index in [-0.39, 0.29) is 24.0 Å². The molecule has 1 unspecified atom stereocenters. The minimum Gasteiger partial charge on any atom is -0.379 e. The first-order valence-corrected chi connectivity index (χ1v) is 10.8. The molecule has 2 aromatic rings. The molecule has 1 aliphatic heterocycles. The molecule has 164 valence electrons. The van der Waals surface area contributed by atoms with Crippen LogP contribution in [-0.4, -0.2) is 53.3 Å². The van der Waals surface area contributed by atoms with E-state index in [2.05, 4.69) is 15.6 Å². The molecule has 1 aliphatic rings. The van der Waals surface area contributed by atoms with Gasteiger partial charge in [-0.2, -0.15) is 0 Å². The Balaban J connectivity index is 1.63. The van der Waals surface area contributed by atoms with E-state index < -0.39 is 6.04 Å². The number of ether oxygens (including phenoxy) is 1. The zero-order valence-electron chi connectivity index (χ0n) is 18.4. The molecule has 2 heterocycles. The van der Waals surface area contributed by atoms with Crippen LogP contribution >= 0.6 is 0 Å². The molecular formula is C22H33N5O3. The Labute approximate surface area is 178 Å². The van der Waals surface area contributed by atoms with Crippen LogP contribution in [0.4, 0.5) is 10.7 Å². The fraction of sp³-hybridized carbons (Fsp3) is 0.591. The molecule has 1 aromatic carbocycles. The molecule has 0 aliphatic carbocycles. The van der Waals surface area contributed by atoms with Crippen molar-refractivity contribution in [2.45, 2.75) is 59.2 Å². The summed E-state index contributed by atoms with van der Waals surface area (Å²) >= 11 is 0. The highest BCUT2D eigenvalue weighted by atomic mass is 16.5. The summed E-state index contributed by atoms with van der Waals surface area (Å²) in [5, 5.41) is 5.88. The zero-order chi connectivity index (χ0) is 21.7. The molecule has 0 spiro atoms. The topological polar surface area (TPSA) is 88.5 Å². The van der Waals surface area contributed by atoms with Crippen LogP contribution in [0.25, 0.3) is 11.0 Å². The van der Waals surface area contributed by atoms with Crippen LogP contribution in [0.2, 0.25) is 0 Å². The van der Waals surface area contributed by atoms with E-state index in [9.17, 15) is 9.59 Å². The molecule has 1 aromatic heterocycles. The standard InChI is InChI=1S/C22H33N5O3/c1-5-16(4)19(20(28)23-11-8-14-30-15(2)3)25-22(29)27-13-12-26-18-10-7-6-9-17(18)24-21(26)27/h6-7,9-10,15-16,19H,5,8,11-14H2,1-4H3,(H,23,28)(H,25,29)/t16?,19-/m0/s1. The quantitative estimate of drug-likeness (QED) is 0.617. The van der Waals surface area contributed by atoms with E-state index in [1.165, 1.54) is 0 Å². The highest BCUT2D eigenvalue weighted by Crippen LogP contribution is 2.27. The Kier molecular flexibility index (Phi) is 7.31. The van der Waals surface area contributed by atoms with Crippen molar-refractivity contribution in [2.24, 2.45) is 5.92 Å². The smallest absolute Gasteiger partial charge is 0.324 e. The number of fused-ring (bicyclic) bond motifs is 3. The molecule has 0 radical (unpaired) electrons. The van der Waals surface area contributed by atoms with Crippen molar-refractivity contribution in [3.63, 3.8) is 0 Å². The number of anilines is 1. The van der Waals surface area contributed by atoms with E-state index >= 15 is 0 Å². The van der Waals surface area contributed by atoms with Gasteiger partial charge in [0.25, 0.3) is 0 Å². The van der Waals surface area contributed by atoms with Gasteiger partial charge >= 0.3 is 6.03 Å². The Morgan fingerprint density at radius 1 is 1.20 bits per heavy atom. The highest BCUT2D eigenvalue weighted by Gasteiger charge is 2.32. The van der Waals surface area contributed by atoms with Crippen molar-refractivity contribution in [1.29, 1.82) is 0 Å². The van der Waals surface area contributed by atoms with Crippen LogP contribution in [0.5, 0.6) is 0 Å². The first-order chi connectivity index (χ1) is 14.4. The number of hydrogen-bond acceptors (Lipinski definition) is 4. The summed E-state index contributed by atoms with van der Waals surface area (Å²) in [6.07, 6.45) is 1.70. The summed E-state index contributed by atoms with van der Waals surface area (Å²) in [6.45, 7) is 10.3. The Hall–Kier alpha value is -2.61. The average Bonchev–Trinajstić information content (AvgIpc) is 3.30.